The van der Waals surface area contributed by atoms with Crippen LogP contribution in [0.5, 0.6) is 0 Å². The van der Waals surface area contributed by atoms with Gasteiger partial charge in [0.25, 0.3) is 11.8 Å². The first kappa shape index (κ1) is 34.6. The first-order chi connectivity index (χ1) is 24.0. The number of ether oxygens (including phenoxy) is 2. The van der Waals surface area contributed by atoms with Crippen LogP contribution in [0.4, 0.5) is 5.69 Å². The van der Waals surface area contributed by atoms with Crippen LogP contribution in [-0.4, -0.2) is 58.0 Å². The Morgan fingerprint density at radius 1 is 0.840 bits per heavy atom. The average Bonchev–Trinajstić information content (AvgIpc) is 3.37. The van der Waals surface area contributed by atoms with Gasteiger partial charge in [0.15, 0.2) is 6.29 Å². The van der Waals surface area contributed by atoms with E-state index >= 15 is 0 Å². The smallest absolute Gasteiger partial charge is 0.266 e. The fourth-order valence-electron chi connectivity index (χ4n) is 8.47. The van der Waals surface area contributed by atoms with Crippen molar-refractivity contribution in [2.45, 2.75) is 109 Å². The number of amides is 3. The third kappa shape index (κ3) is 6.76. The number of carbonyl (C=O) groups is 3. The molecule has 3 heterocycles. The lowest BCUT2D eigenvalue weighted by molar-refractivity contribution is -0.278. The van der Waals surface area contributed by atoms with E-state index < -0.39 is 6.29 Å². The minimum atomic E-state index is -0.719. The molecule has 3 fully saturated rings. The van der Waals surface area contributed by atoms with Gasteiger partial charge in [0.2, 0.25) is 5.91 Å². The van der Waals surface area contributed by atoms with Crippen molar-refractivity contribution in [3.63, 3.8) is 0 Å². The molecule has 4 aliphatic rings. The van der Waals surface area contributed by atoms with Crippen molar-refractivity contribution < 1.29 is 29.0 Å². The predicted molar refractivity (Wildman–Crippen MR) is 190 cm³/mol. The summed E-state index contributed by atoms with van der Waals surface area (Å²) in [6.07, 6.45) is 5.29. The third-order valence-electron chi connectivity index (χ3n) is 11.0. The highest BCUT2D eigenvalue weighted by molar-refractivity contribution is 6.34. The Balaban J connectivity index is 1.19. The topological polar surface area (TPSA) is 108 Å². The molecule has 0 spiro atoms. The summed E-state index contributed by atoms with van der Waals surface area (Å²) in [5.74, 6) is -0.0606. The number of carbonyl (C=O) groups excluding carboxylic acids is 3. The summed E-state index contributed by atoms with van der Waals surface area (Å²) in [7, 11) is 0. The van der Waals surface area contributed by atoms with E-state index in [1.54, 1.807) is 36.4 Å². The summed E-state index contributed by atoms with van der Waals surface area (Å²) in [4.78, 5) is 43.8. The molecule has 0 aromatic heterocycles. The molecule has 7 unspecified atom stereocenters. The minimum Gasteiger partial charge on any atom is -0.392 e. The van der Waals surface area contributed by atoms with Gasteiger partial charge in [-0.2, -0.15) is 0 Å². The van der Waals surface area contributed by atoms with Crippen LogP contribution in [0, 0.1) is 11.8 Å². The van der Waals surface area contributed by atoms with E-state index in [-0.39, 0.29) is 54.0 Å². The fraction of sp³-hybridized carbons (Fsp3) is 0.488. The van der Waals surface area contributed by atoms with Crippen molar-refractivity contribution in [1.29, 1.82) is 0 Å². The molecule has 2 N–H and O–H groups in total. The first-order valence-corrected chi connectivity index (χ1v) is 18.2. The minimum absolute atomic E-state index is 0.0370. The molecular formula is C41H49N3O6. The van der Waals surface area contributed by atoms with Gasteiger partial charge >= 0.3 is 0 Å². The third-order valence-corrected chi connectivity index (χ3v) is 11.0. The number of nitrogens with zero attached hydrogens (tertiary/aromatic N) is 2. The number of nitrogens with one attached hydrogen (secondary N) is 1. The molecule has 50 heavy (non-hydrogen) atoms. The van der Waals surface area contributed by atoms with Crippen LogP contribution in [0.2, 0.25) is 0 Å². The van der Waals surface area contributed by atoms with Gasteiger partial charge in [-0.15, -0.1) is 0 Å². The van der Waals surface area contributed by atoms with Crippen LogP contribution in [0.15, 0.2) is 72.8 Å². The van der Waals surface area contributed by atoms with E-state index in [2.05, 4.69) is 17.1 Å². The second-order valence-corrected chi connectivity index (χ2v) is 15.5. The number of benzene rings is 3. The van der Waals surface area contributed by atoms with Crippen LogP contribution in [0.25, 0.3) is 0 Å². The highest BCUT2D eigenvalue weighted by atomic mass is 16.7. The maximum absolute atomic E-state index is 13.8. The van der Waals surface area contributed by atoms with E-state index in [4.69, 9.17) is 9.47 Å². The molecule has 3 aliphatic heterocycles. The molecule has 2 saturated heterocycles. The van der Waals surface area contributed by atoms with Crippen molar-refractivity contribution in [1.82, 2.24) is 10.2 Å². The van der Waals surface area contributed by atoms with Crippen molar-refractivity contribution in [3.05, 3.63) is 101 Å². The Morgan fingerprint density at radius 3 is 2.12 bits per heavy atom. The second-order valence-electron chi connectivity index (χ2n) is 15.5. The SMILES string of the molecule is CC1C(CN2C(C(=O)NC(C)(C)C)CCC3CCCCC32)OC(c2ccc(N3C(=O)c4ccccc4C3=O)cc2)OC1c1ccc(CO)cc1. The van der Waals surface area contributed by atoms with E-state index in [0.717, 1.165) is 42.4 Å². The Kier molecular flexibility index (Phi) is 9.69. The number of aliphatic hydroxyl groups excluding tert-OH is 1. The molecule has 264 valence electrons. The zero-order chi connectivity index (χ0) is 35.2. The summed E-state index contributed by atoms with van der Waals surface area (Å²) < 4.78 is 13.6. The van der Waals surface area contributed by atoms with Gasteiger partial charge in [0, 0.05) is 29.6 Å². The molecule has 7 atom stereocenters. The molecular weight excluding hydrogens is 630 g/mol. The van der Waals surface area contributed by atoms with E-state index in [1.807, 2.05) is 57.2 Å². The van der Waals surface area contributed by atoms with Gasteiger partial charge in [-0.1, -0.05) is 68.3 Å². The number of imide groups is 1. The van der Waals surface area contributed by atoms with Crippen molar-refractivity contribution in [2.24, 2.45) is 11.8 Å². The normalized spacial score (nSPS) is 28.7. The Hall–Kier alpha value is -3.89. The van der Waals surface area contributed by atoms with Crippen molar-refractivity contribution >= 4 is 23.4 Å². The van der Waals surface area contributed by atoms with Gasteiger partial charge < -0.3 is 19.9 Å². The summed E-state index contributed by atoms with van der Waals surface area (Å²) >= 11 is 0. The average molecular weight is 680 g/mol. The summed E-state index contributed by atoms with van der Waals surface area (Å²) in [5, 5.41) is 13.0. The van der Waals surface area contributed by atoms with E-state index in [9.17, 15) is 19.5 Å². The highest BCUT2D eigenvalue weighted by Gasteiger charge is 2.46. The molecule has 3 amide bonds. The molecule has 7 rings (SSSR count). The Bertz CT molecular complexity index is 1680. The number of piperidine rings is 1. The lowest BCUT2D eigenvalue weighted by Gasteiger charge is -2.51. The molecule has 9 heteroatoms. The molecule has 0 bridgehead atoms. The number of anilines is 1. The number of rotatable bonds is 7. The Labute approximate surface area is 294 Å². The van der Waals surface area contributed by atoms with Crippen LogP contribution in [0.3, 0.4) is 0 Å². The van der Waals surface area contributed by atoms with Crippen molar-refractivity contribution in [3.8, 4) is 0 Å². The zero-order valence-electron chi connectivity index (χ0n) is 29.5. The van der Waals surface area contributed by atoms with Crippen LogP contribution in [-0.2, 0) is 20.9 Å². The lowest BCUT2D eigenvalue weighted by atomic mass is 9.75. The second kappa shape index (κ2) is 14.0. The summed E-state index contributed by atoms with van der Waals surface area (Å²) in [5.41, 5.74) is 3.56. The number of aliphatic hydroxyl groups is 1. The highest BCUT2D eigenvalue weighted by Crippen LogP contribution is 2.45. The quantitative estimate of drug-likeness (QED) is 0.268. The number of hydrogen-bond acceptors (Lipinski definition) is 7. The number of likely N-dealkylation sites (tertiary alicyclic amines) is 1. The van der Waals surface area contributed by atoms with E-state index in [1.165, 1.54) is 17.7 Å². The Morgan fingerprint density at radius 2 is 1.48 bits per heavy atom. The fourth-order valence-corrected chi connectivity index (χ4v) is 8.47. The molecule has 1 aliphatic carbocycles. The van der Waals surface area contributed by atoms with Gasteiger partial charge in [-0.25, -0.2) is 4.90 Å². The molecule has 3 aromatic rings. The molecule has 1 saturated carbocycles. The first-order valence-electron chi connectivity index (χ1n) is 18.2. The predicted octanol–water partition coefficient (Wildman–Crippen LogP) is 6.71. The summed E-state index contributed by atoms with van der Waals surface area (Å²) in [6, 6.07) is 22.1. The monoisotopic (exact) mass is 679 g/mol. The summed E-state index contributed by atoms with van der Waals surface area (Å²) in [6.45, 7) is 8.81. The maximum atomic E-state index is 13.8. The van der Waals surface area contributed by atoms with Crippen LogP contribution in [0.1, 0.15) is 116 Å². The largest absolute Gasteiger partial charge is 0.392 e. The number of hydrogen-bond donors (Lipinski definition) is 2. The van der Waals surface area contributed by atoms with Gasteiger partial charge in [0.1, 0.15) is 0 Å². The van der Waals surface area contributed by atoms with Crippen LogP contribution >= 0.6 is 0 Å². The number of fused-ring (bicyclic) bond motifs is 2. The molecule has 3 aromatic carbocycles. The van der Waals surface area contributed by atoms with Gasteiger partial charge in [0.05, 0.1) is 41.7 Å². The molecule has 0 radical (unpaired) electrons. The zero-order valence-corrected chi connectivity index (χ0v) is 29.5. The lowest BCUT2D eigenvalue weighted by Crippen LogP contribution is -2.61. The van der Waals surface area contributed by atoms with Crippen molar-refractivity contribution in [2.75, 3.05) is 11.4 Å². The van der Waals surface area contributed by atoms with Gasteiger partial charge in [-0.3, -0.25) is 19.3 Å². The van der Waals surface area contributed by atoms with E-state index in [0.29, 0.717) is 35.3 Å². The standard InChI is InChI=1S/C41H49N3O6/c1-25-35(23-43-33-12-8-5-9-27(33)19-22-34(43)37(46)42-41(2,3)4)49-40(50-36(25)28-15-13-26(24-45)14-16-28)29-17-20-30(21-18-29)44-38(47)31-10-6-7-11-32(31)39(44)48/h6-7,10-11,13-18,20-21,25,27,33-36,40,45H,5,8-9,12,19,22-24H2,1-4H3,(H,42,46). The van der Waals surface area contributed by atoms with Gasteiger partial charge in [-0.05, 0) is 87.8 Å². The molecule has 9 nitrogen and oxygen atoms in total. The van der Waals surface area contributed by atoms with Crippen LogP contribution < -0.4 is 10.2 Å². The maximum Gasteiger partial charge on any atom is 0.266 e.